The Morgan fingerprint density at radius 3 is 2.60 bits per heavy atom. The summed E-state index contributed by atoms with van der Waals surface area (Å²) < 4.78 is 5.07. The molecule has 1 rings (SSSR count). The van der Waals surface area contributed by atoms with E-state index < -0.39 is 0 Å². The summed E-state index contributed by atoms with van der Waals surface area (Å²) in [6.07, 6.45) is 3.90. The average molecular weight is 209 g/mol. The first-order valence-electron chi connectivity index (χ1n) is 5.32. The summed E-state index contributed by atoms with van der Waals surface area (Å²) in [5.41, 5.74) is 0. The minimum atomic E-state index is 0.483. The van der Waals surface area contributed by atoms with Crippen LogP contribution in [0.25, 0.3) is 0 Å². The second-order valence-electron chi connectivity index (χ2n) is 3.48. The zero-order valence-corrected chi connectivity index (χ0v) is 9.90. The minimum Gasteiger partial charge on any atom is -0.481 e. The monoisotopic (exact) mass is 209 g/mol. The van der Waals surface area contributed by atoms with Crippen molar-refractivity contribution in [1.29, 1.82) is 0 Å². The van der Waals surface area contributed by atoms with E-state index in [0.29, 0.717) is 11.9 Å². The van der Waals surface area contributed by atoms with Gasteiger partial charge in [0.2, 0.25) is 11.8 Å². The summed E-state index contributed by atoms with van der Waals surface area (Å²) >= 11 is 0. The molecular weight excluding hydrogens is 190 g/mol. The van der Waals surface area contributed by atoms with Gasteiger partial charge in [-0.3, -0.25) is 0 Å². The van der Waals surface area contributed by atoms with Gasteiger partial charge in [-0.25, -0.2) is 4.98 Å². The predicted molar refractivity (Wildman–Crippen MR) is 61.4 cm³/mol. The van der Waals surface area contributed by atoms with Crippen molar-refractivity contribution in [3.8, 4) is 5.88 Å². The highest BCUT2D eigenvalue weighted by atomic mass is 16.5. The van der Waals surface area contributed by atoms with Gasteiger partial charge in [-0.1, -0.05) is 13.8 Å². The highest BCUT2D eigenvalue weighted by Crippen LogP contribution is 2.16. The standard InChI is InChI=1S/C11H19N3O/c1-5-9(6-2)14(3)11-12-8-7-10(13-11)15-4/h7-9H,5-6H2,1-4H3. The highest BCUT2D eigenvalue weighted by molar-refractivity contribution is 5.32. The molecule has 4 heteroatoms. The third-order valence-corrected chi connectivity index (χ3v) is 2.63. The zero-order valence-electron chi connectivity index (χ0n) is 9.90. The quantitative estimate of drug-likeness (QED) is 0.744. The summed E-state index contributed by atoms with van der Waals surface area (Å²) in [4.78, 5) is 10.6. The lowest BCUT2D eigenvalue weighted by Gasteiger charge is -2.26. The van der Waals surface area contributed by atoms with E-state index in [4.69, 9.17) is 4.74 Å². The van der Waals surface area contributed by atoms with Gasteiger partial charge in [-0.2, -0.15) is 4.98 Å². The van der Waals surface area contributed by atoms with Gasteiger partial charge < -0.3 is 9.64 Å². The van der Waals surface area contributed by atoms with Crippen LogP contribution in [0, 0.1) is 0 Å². The first-order valence-corrected chi connectivity index (χ1v) is 5.32. The van der Waals surface area contributed by atoms with Crippen molar-refractivity contribution in [2.75, 3.05) is 19.1 Å². The van der Waals surface area contributed by atoms with Crippen LogP contribution in [0.15, 0.2) is 12.3 Å². The molecule has 1 aromatic heterocycles. The van der Waals surface area contributed by atoms with E-state index in [1.807, 2.05) is 7.05 Å². The molecule has 0 N–H and O–H groups in total. The summed E-state index contributed by atoms with van der Waals surface area (Å²) in [7, 11) is 3.63. The smallest absolute Gasteiger partial charge is 0.228 e. The predicted octanol–water partition coefficient (Wildman–Crippen LogP) is 2.11. The maximum absolute atomic E-state index is 5.07. The van der Waals surface area contributed by atoms with E-state index >= 15 is 0 Å². The lowest BCUT2D eigenvalue weighted by Crippen LogP contribution is -2.31. The van der Waals surface area contributed by atoms with E-state index in [9.17, 15) is 0 Å². The van der Waals surface area contributed by atoms with Crippen molar-refractivity contribution in [1.82, 2.24) is 9.97 Å². The van der Waals surface area contributed by atoms with Gasteiger partial charge >= 0.3 is 0 Å². The Hall–Kier alpha value is -1.32. The van der Waals surface area contributed by atoms with Crippen LogP contribution in [0.4, 0.5) is 5.95 Å². The number of methoxy groups -OCH3 is 1. The Morgan fingerprint density at radius 2 is 2.07 bits per heavy atom. The molecule has 0 bridgehead atoms. The van der Waals surface area contributed by atoms with Crippen LogP contribution in [0.2, 0.25) is 0 Å². The highest BCUT2D eigenvalue weighted by Gasteiger charge is 2.13. The van der Waals surface area contributed by atoms with Crippen LogP contribution >= 0.6 is 0 Å². The Morgan fingerprint density at radius 1 is 1.40 bits per heavy atom. The molecule has 4 nitrogen and oxygen atoms in total. The Balaban J connectivity index is 2.84. The molecule has 0 aliphatic carbocycles. The summed E-state index contributed by atoms with van der Waals surface area (Å²) in [5.74, 6) is 1.33. The Labute approximate surface area is 91.3 Å². The van der Waals surface area contributed by atoms with Crippen LogP contribution in [0.1, 0.15) is 26.7 Å². The number of ether oxygens (including phenoxy) is 1. The zero-order chi connectivity index (χ0) is 11.3. The van der Waals surface area contributed by atoms with Crippen molar-refractivity contribution in [3.63, 3.8) is 0 Å². The molecule has 0 saturated carbocycles. The first kappa shape index (κ1) is 11.8. The largest absolute Gasteiger partial charge is 0.481 e. The minimum absolute atomic E-state index is 0.483. The van der Waals surface area contributed by atoms with E-state index in [0.717, 1.165) is 18.8 Å². The lowest BCUT2D eigenvalue weighted by molar-refractivity contribution is 0.396. The second kappa shape index (κ2) is 5.53. The fraction of sp³-hybridized carbons (Fsp3) is 0.636. The van der Waals surface area contributed by atoms with Gasteiger partial charge in [0.1, 0.15) is 0 Å². The van der Waals surface area contributed by atoms with Gasteiger partial charge in [0.05, 0.1) is 7.11 Å². The third kappa shape index (κ3) is 2.81. The molecule has 15 heavy (non-hydrogen) atoms. The third-order valence-electron chi connectivity index (χ3n) is 2.63. The van der Waals surface area contributed by atoms with Crippen LogP contribution in [-0.4, -0.2) is 30.2 Å². The number of rotatable bonds is 5. The maximum Gasteiger partial charge on any atom is 0.228 e. The number of hydrogen-bond donors (Lipinski definition) is 0. The molecule has 0 fully saturated rings. The molecule has 0 saturated heterocycles. The van der Waals surface area contributed by atoms with Crippen LogP contribution in [-0.2, 0) is 0 Å². The molecule has 0 aliphatic rings. The molecule has 0 aliphatic heterocycles. The number of aromatic nitrogens is 2. The Kier molecular flexibility index (Phi) is 4.34. The van der Waals surface area contributed by atoms with E-state index in [1.54, 1.807) is 19.4 Å². The molecular formula is C11H19N3O. The molecule has 0 aromatic carbocycles. The molecule has 0 spiro atoms. The fourth-order valence-corrected chi connectivity index (χ4v) is 1.62. The van der Waals surface area contributed by atoms with Crippen LogP contribution in [0.5, 0.6) is 5.88 Å². The SMILES string of the molecule is CCC(CC)N(C)c1nccc(OC)n1. The molecule has 0 atom stereocenters. The summed E-state index contributed by atoms with van der Waals surface area (Å²) in [6, 6.07) is 2.24. The number of nitrogens with zero attached hydrogens (tertiary/aromatic N) is 3. The van der Waals surface area contributed by atoms with Crippen molar-refractivity contribution in [3.05, 3.63) is 12.3 Å². The van der Waals surface area contributed by atoms with Gasteiger partial charge in [0, 0.05) is 25.4 Å². The average Bonchev–Trinajstić information content (AvgIpc) is 2.30. The maximum atomic E-state index is 5.07. The van der Waals surface area contributed by atoms with Crippen molar-refractivity contribution < 1.29 is 4.74 Å². The lowest BCUT2D eigenvalue weighted by atomic mass is 10.1. The second-order valence-corrected chi connectivity index (χ2v) is 3.48. The van der Waals surface area contributed by atoms with Gasteiger partial charge in [0.15, 0.2) is 0 Å². The van der Waals surface area contributed by atoms with Gasteiger partial charge in [-0.15, -0.1) is 0 Å². The molecule has 0 unspecified atom stereocenters. The normalized spacial score (nSPS) is 10.5. The molecule has 0 amide bonds. The molecule has 1 aromatic rings. The van der Waals surface area contributed by atoms with Gasteiger partial charge in [-0.05, 0) is 12.8 Å². The topological polar surface area (TPSA) is 38.2 Å². The first-order chi connectivity index (χ1) is 7.22. The van der Waals surface area contributed by atoms with Gasteiger partial charge in [0.25, 0.3) is 0 Å². The molecule has 84 valence electrons. The number of hydrogen-bond acceptors (Lipinski definition) is 4. The number of anilines is 1. The summed E-state index contributed by atoms with van der Waals surface area (Å²) in [6.45, 7) is 4.34. The Bertz CT molecular complexity index is 300. The summed E-state index contributed by atoms with van der Waals surface area (Å²) in [5, 5.41) is 0. The van der Waals surface area contributed by atoms with Crippen molar-refractivity contribution in [2.45, 2.75) is 32.7 Å². The van der Waals surface area contributed by atoms with E-state index in [-0.39, 0.29) is 0 Å². The van der Waals surface area contributed by atoms with Crippen LogP contribution < -0.4 is 9.64 Å². The van der Waals surface area contributed by atoms with Crippen LogP contribution in [0.3, 0.4) is 0 Å². The van der Waals surface area contributed by atoms with E-state index in [1.165, 1.54) is 0 Å². The van der Waals surface area contributed by atoms with Crippen molar-refractivity contribution >= 4 is 5.95 Å². The fourth-order valence-electron chi connectivity index (χ4n) is 1.62. The van der Waals surface area contributed by atoms with E-state index in [2.05, 4.69) is 28.7 Å². The molecule has 0 radical (unpaired) electrons. The van der Waals surface area contributed by atoms with Crippen molar-refractivity contribution in [2.24, 2.45) is 0 Å². The molecule has 1 heterocycles.